The lowest BCUT2D eigenvalue weighted by molar-refractivity contribution is -0.134. The van der Waals surface area contributed by atoms with Crippen LogP contribution >= 0.6 is 11.6 Å². The molecule has 23 heavy (non-hydrogen) atoms. The van der Waals surface area contributed by atoms with Crippen molar-refractivity contribution in [3.05, 3.63) is 34.9 Å². The van der Waals surface area contributed by atoms with E-state index in [-0.39, 0.29) is 30.3 Å². The third kappa shape index (κ3) is 5.22. The molecule has 1 atom stereocenters. The van der Waals surface area contributed by atoms with Gasteiger partial charge >= 0.3 is 0 Å². The van der Waals surface area contributed by atoms with Gasteiger partial charge in [0.25, 0.3) is 0 Å². The molecule has 126 valence electrons. The van der Waals surface area contributed by atoms with Gasteiger partial charge in [-0.25, -0.2) is 0 Å². The molecule has 2 N–H and O–H groups in total. The van der Waals surface area contributed by atoms with E-state index in [1.807, 2.05) is 38.1 Å². The minimum Gasteiger partial charge on any atom is -0.356 e. The van der Waals surface area contributed by atoms with E-state index in [4.69, 9.17) is 11.6 Å². The quantitative estimate of drug-likeness (QED) is 0.829. The van der Waals surface area contributed by atoms with E-state index in [2.05, 4.69) is 15.5 Å². The summed E-state index contributed by atoms with van der Waals surface area (Å²) in [7, 11) is 0. The van der Waals surface area contributed by atoms with E-state index < -0.39 is 0 Å². The number of hydrogen-bond acceptors (Lipinski definition) is 3. The Morgan fingerprint density at radius 3 is 2.74 bits per heavy atom. The molecule has 0 spiro atoms. The summed E-state index contributed by atoms with van der Waals surface area (Å²) >= 11 is 5.85. The van der Waals surface area contributed by atoms with Crippen molar-refractivity contribution in [2.24, 2.45) is 0 Å². The Kier molecular flexibility index (Phi) is 6.42. The number of benzene rings is 1. The van der Waals surface area contributed by atoms with Crippen molar-refractivity contribution in [3.8, 4) is 0 Å². The maximum Gasteiger partial charge on any atom is 0.237 e. The summed E-state index contributed by atoms with van der Waals surface area (Å²) in [6.07, 6.45) is 0.943. The third-order valence-corrected chi connectivity index (χ3v) is 4.32. The fraction of sp³-hybridized carbons (Fsp3) is 0.529. The third-order valence-electron chi connectivity index (χ3n) is 4.06. The molecule has 0 aromatic heterocycles. The first kappa shape index (κ1) is 17.8. The molecule has 1 fully saturated rings. The van der Waals surface area contributed by atoms with Crippen molar-refractivity contribution in [2.75, 3.05) is 19.6 Å². The SMILES string of the molecule is CC(C)N1CCNC(=O)C1CC(=O)NCCc1ccc(Cl)cc1. The number of carbonyl (C=O) groups is 2. The lowest BCUT2D eigenvalue weighted by Crippen LogP contribution is -2.58. The molecule has 1 saturated heterocycles. The summed E-state index contributed by atoms with van der Waals surface area (Å²) in [4.78, 5) is 26.2. The molecule has 1 aromatic carbocycles. The van der Waals surface area contributed by atoms with E-state index in [1.54, 1.807) is 0 Å². The fourth-order valence-electron chi connectivity index (χ4n) is 2.81. The fourth-order valence-corrected chi connectivity index (χ4v) is 2.93. The van der Waals surface area contributed by atoms with Crippen LogP contribution in [0.3, 0.4) is 0 Å². The molecule has 6 heteroatoms. The molecule has 2 amide bonds. The second kappa shape index (κ2) is 8.31. The summed E-state index contributed by atoms with van der Waals surface area (Å²) in [6, 6.07) is 7.44. The second-order valence-electron chi connectivity index (χ2n) is 6.07. The number of carbonyl (C=O) groups excluding carboxylic acids is 2. The minimum absolute atomic E-state index is 0.0576. The van der Waals surface area contributed by atoms with Crippen molar-refractivity contribution in [1.82, 2.24) is 15.5 Å². The highest BCUT2D eigenvalue weighted by Crippen LogP contribution is 2.13. The van der Waals surface area contributed by atoms with Crippen molar-refractivity contribution >= 4 is 23.4 Å². The molecule has 0 radical (unpaired) electrons. The van der Waals surface area contributed by atoms with Gasteiger partial charge in [0, 0.05) is 30.7 Å². The first-order chi connectivity index (χ1) is 11.0. The first-order valence-corrected chi connectivity index (χ1v) is 8.40. The predicted molar refractivity (Wildman–Crippen MR) is 91.4 cm³/mol. The number of halogens is 1. The van der Waals surface area contributed by atoms with Crippen LogP contribution in [0.15, 0.2) is 24.3 Å². The number of nitrogens with one attached hydrogen (secondary N) is 2. The van der Waals surface area contributed by atoms with Crippen molar-refractivity contribution < 1.29 is 9.59 Å². The molecular weight excluding hydrogens is 314 g/mol. The first-order valence-electron chi connectivity index (χ1n) is 8.02. The number of amides is 2. The molecule has 5 nitrogen and oxygen atoms in total. The molecule has 0 bridgehead atoms. The number of hydrogen-bond donors (Lipinski definition) is 2. The van der Waals surface area contributed by atoms with E-state index >= 15 is 0 Å². The van der Waals surface area contributed by atoms with Gasteiger partial charge in [0.15, 0.2) is 0 Å². The average molecular weight is 338 g/mol. The standard InChI is InChI=1S/C17H24ClN3O2/c1-12(2)21-10-9-20-17(23)15(21)11-16(22)19-8-7-13-3-5-14(18)6-4-13/h3-6,12,15H,7-11H2,1-2H3,(H,19,22)(H,20,23). The maximum absolute atomic E-state index is 12.1. The van der Waals surface area contributed by atoms with E-state index in [0.29, 0.717) is 18.1 Å². The Labute approximate surface area is 142 Å². The minimum atomic E-state index is -0.376. The Balaban J connectivity index is 1.81. The van der Waals surface area contributed by atoms with Crippen molar-refractivity contribution in [2.45, 2.75) is 38.8 Å². The molecular formula is C17H24ClN3O2. The van der Waals surface area contributed by atoms with Gasteiger partial charge in [-0.2, -0.15) is 0 Å². The molecule has 1 heterocycles. The molecule has 0 saturated carbocycles. The maximum atomic E-state index is 12.1. The normalized spacial score (nSPS) is 18.8. The van der Waals surface area contributed by atoms with Crippen LogP contribution in [0.2, 0.25) is 5.02 Å². The molecule has 1 aliphatic heterocycles. The van der Waals surface area contributed by atoms with E-state index in [0.717, 1.165) is 18.5 Å². The topological polar surface area (TPSA) is 61.4 Å². The zero-order valence-corrected chi connectivity index (χ0v) is 14.4. The summed E-state index contributed by atoms with van der Waals surface area (Å²) in [5, 5.41) is 6.43. The monoisotopic (exact) mass is 337 g/mol. The Morgan fingerprint density at radius 2 is 2.09 bits per heavy atom. The van der Waals surface area contributed by atoms with Gasteiger partial charge < -0.3 is 10.6 Å². The van der Waals surface area contributed by atoms with Crippen LogP contribution in [0, 0.1) is 0 Å². The van der Waals surface area contributed by atoms with Crippen LogP contribution < -0.4 is 10.6 Å². The molecule has 2 rings (SSSR count). The average Bonchev–Trinajstić information content (AvgIpc) is 2.51. The van der Waals surface area contributed by atoms with Gasteiger partial charge in [0.2, 0.25) is 11.8 Å². The summed E-state index contributed by atoms with van der Waals surface area (Å²) in [6.45, 7) is 6.07. The lowest BCUT2D eigenvalue weighted by atomic mass is 10.1. The van der Waals surface area contributed by atoms with Crippen LogP contribution in [0.1, 0.15) is 25.8 Å². The van der Waals surface area contributed by atoms with Gasteiger partial charge in [-0.05, 0) is 38.0 Å². The molecule has 1 aliphatic rings. The highest BCUT2D eigenvalue weighted by atomic mass is 35.5. The van der Waals surface area contributed by atoms with Gasteiger partial charge in [0.1, 0.15) is 0 Å². The largest absolute Gasteiger partial charge is 0.356 e. The van der Waals surface area contributed by atoms with Crippen LogP contribution in [0.25, 0.3) is 0 Å². The molecule has 1 aromatic rings. The number of nitrogens with zero attached hydrogens (tertiary/aromatic N) is 1. The Bertz CT molecular complexity index is 545. The summed E-state index contributed by atoms with van der Waals surface area (Å²) in [5.41, 5.74) is 1.12. The van der Waals surface area contributed by atoms with Crippen LogP contribution in [-0.4, -0.2) is 48.4 Å². The van der Waals surface area contributed by atoms with Crippen LogP contribution in [-0.2, 0) is 16.0 Å². The zero-order valence-electron chi connectivity index (χ0n) is 13.6. The van der Waals surface area contributed by atoms with Gasteiger partial charge in [-0.3, -0.25) is 14.5 Å². The summed E-state index contributed by atoms with van der Waals surface area (Å²) in [5.74, 6) is -0.149. The van der Waals surface area contributed by atoms with E-state index in [9.17, 15) is 9.59 Å². The van der Waals surface area contributed by atoms with Gasteiger partial charge in [-0.1, -0.05) is 23.7 Å². The van der Waals surface area contributed by atoms with Crippen LogP contribution in [0.5, 0.6) is 0 Å². The predicted octanol–water partition coefficient (Wildman–Crippen LogP) is 1.60. The van der Waals surface area contributed by atoms with Gasteiger partial charge in [0.05, 0.1) is 12.5 Å². The zero-order chi connectivity index (χ0) is 16.8. The highest BCUT2D eigenvalue weighted by Gasteiger charge is 2.32. The van der Waals surface area contributed by atoms with Crippen molar-refractivity contribution in [1.29, 1.82) is 0 Å². The number of piperazine rings is 1. The molecule has 1 unspecified atom stereocenters. The van der Waals surface area contributed by atoms with Crippen LogP contribution in [0.4, 0.5) is 0 Å². The van der Waals surface area contributed by atoms with Gasteiger partial charge in [-0.15, -0.1) is 0 Å². The highest BCUT2D eigenvalue weighted by molar-refractivity contribution is 6.30. The Morgan fingerprint density at radius 1 is 1.39 bits per heavy atom. The molecule has 0 aliphatic carbocycles. The second-order valence-corrected chi connectivity index (χ2v) is 6.51. The summed E-state index contributed by atoms with van der Waals surface area (Å²) < 4.78 is 0. The smallest absolute Gasteiger partial charge is 0.237 e. The number of rotatable bonds is 6. The Hall–Kier alpha value is -1.59. The lowest BCUT2D eigenvalue weighted by Gasteiger charge is -2.37. The van der Waals surface area contributed by atoms with Crippen molar-refractivity contribution in [3.63, 3.8) is 0 Å². The van der Waals surface area contributed by atoms with E-state index in [1.165, 1.54) is 0 Å².